The average molecular weight is 334 g/mol. The molecule has 18 heavy (non-hydrogen) atoms. The molecule has 1 saturated heterocycles. The third-order valence-corrected chi connectivity index (χ3v) is 4.40. The second kappa shape index (κ2) is 6.24. The highest BCUT2D eigenvalue weighted by atomic mass is 79.9. The lowest BCUT2D eigenvalue weighted by molar-refractivity contribution is 0.167. The highest BCUT2D eigenvalue weighted by molar-refractivity contribution is 9.10. The van der Waals surface area contributed by atoms with Gasteiger partial charge in [-0.05, 0) is 34.5 Å². The molecule has 0 aliphatic carbocycles. The molecule has 0 radical (unpaired) electrons. The predicted molar refractivity (Wildman–Crippen MR) is 78.3 cm³/mol. The van der Waals surface area contributed by atoms with Gasteiger partial charge in [0.2, 0.25) is 0 Å². The molecule has 1 aromatic rings. The molecule has 0 unspecified atom stereocenters. The van der Waals surface area contributed by atoms with Crippen LogP contribution in [0.25, 0.3) is 0 Å². The molecule has 0 spiro atoms. The van der Waals surface area contributed by atoms with Crippen molar-refractivity contribution >= 4 is 27.5 Å². The van der Waals surface area contributed by atoms with Crippen molar-refractivity contribution < 1.29 is 5.11 Å². The number of benzene rings is 1. The van der Waals surface area contributed by atoms with Crippen LogP contribution in [0.4, 0.5) is 0 Å². The SMILES string of the molecule is CC[C@@H](c1c(Cl)ccc(Br)c1O)N1CCNCC1. The Morgan fingerprint density at radius 1 is 1.44 bits per heavy atom. The summed E-state index contributed by atoms with van der Waals surface area (Å²) >= 11 is 9.63. The minimum Gasteiger partial charge on any atom is -0.506 e. The number of rotatable bonds is 3. The second-order valence-electron chi connectivity index (χ2n) is 4.50. The number of halogens is 2. The van der Waals surface area contributed by atoms with Gasteiger partial charge in [-0.2, -0.15) is 0 Å². The van der Waals surface area contributed by atoms with E-state index in [0.717, 1.165) is 38.2 Å². The minimum absolute atomic E-state index is 0.178. The number of nitrogens with zero attached hydrogens (tertiary/aromatic N) is 1. The Morgan fingerprint density at radius 3 is 2.72 bits per heavy atom. The lowest BCUT2D eigenvalue weighted by Crippen LogP contribution is -2.45. The zero-order valence-electron chi connectivity index (χ0n) is 10.4. The topological polar surface area (TPSA) is 35.5 Å². The molecule has 1 aliphatic heterocycles. The summed E-state index contributed by atoms with van der Waals surface area (Å²) in [4.78, 5) is 2.38. The van der Waals surface area contributed by atoms with Crippen LogP contribution in [-0.4, -0.2) is 36.2 Å². The van der Waals surface area contributed by atoms with Crippen LogP contribution < -0.4 is 5.32 Å². The Kier molecular flexibility index (Phi) is 4.90. The van der Waals surface area contributed by atoms with Crippen molar-refractivity contribution in [2.75, 3.05) is 26.2 Å². The summed E-state index contributed by atoms with van der Waals surface area (Å²) in [5, 5.41) is 14.2. The first-order valence-corrected chi connectivity index (χ1v) is 7.44. The second-order valence-corrected chi connectivity index (χ2v) is 5.76. The molecule has 0 aromatic heterocycles. The van der Waals surface area contributed by atoms with Gasteiger partial charge in [-0.25, -0.2) is 0 Å². The number of hydrogen-bond acceptors (Lipinski definition) is 3. The maximum atomic E-state index is 10.2. The Balaban J connectivity index is 2.34. The number of hydrogen-bond donors (Lipinski definition) is 2. The molecular weight excluding hydrogens is 316 g/mol. The van der Waals surface area contributed by atoms with E-state index in [1.54, 1.807) is 6.07 Å². The van der Waals surface area contributed by atoms with Crippen LogP contribution in [0.15, 0.2) is 16.6 Å². The number of aromatic hydroxyl groups is 1. The van der Waals surface area contributed by atoms with Crippen molar-refractivity contribution in [3.8, 4) is 5.75 Å². The molecule has 100 valence electrons. The van der Waals surface area contributed by atoms with Crippen LogP contribution >= 0.6 is 27.5 Å². The predicted octanol–water partition coefficient (Wildman–Crippen LogP) is 3.16. The van der Waals surface area contributed by atoms with E-state index in [9.17, 15) is 5.11 Å². The first-order chi connectivity index (χ1) is 8.65. The smallest absolute Gasteiger partial charge is 0.136 e. The molecule has 3 nitrogen and oxygen atoms in total. The van der Waals surface area contributed by atoms with E-state index in [-0.39, 0.29) is 11.8 Å². The molecule has 0 bridgehead atoms. The summed E-state index contributed by atoms with van der Waals surface area (Å²) in [5.74, 6) is 0.271. The zero-order chi connectivity index (χ0) is 13.1. The maximum absolute atomic E-state index is 10.2. The quantitative estimate of drug-likeness (QED) is 0.892. The van der Waals surface area contributed by atoms with E-state index < -0.39 is 0 Å². The first kappa shape index (κ1) is 14.1. The van der Waals surface area contributed by atoms with Crippen molar-refractivity contribution in [2.24, 2.45) is 0 Å². The zero-order valence-corrected chi connectivity index (χ0v) is 12.8. The summed E-state index contributed by atoms with van der Waals surface area (Å²) in [6.07, 6.45) is 0.934. The number of nitrogens with one attached hydrogen (secondary N) is 1. The molecule has 1 aliphatic rings. The van der Waals surface area contributed by atoms with Gasteiger partial charge in [-0.1, -0.05) is 18.5 Å². The monoisotopic (exact) mass is 332 g/mol. The molecule has 1 fully saturated rings. The Hall–Kier alpha value is -0.290. The van der Waals surface area contributed by atoms with Crippen LogP contribution in [0.1, 0.15) is 24.9 Å². The van der Waals surface area contributed by atoms with Crippen molar-refractivity contribution in [1.29, 1.82) is 0 Å². The highest BCUT2D eigenvalue weighted by Gasteiger charge is 2.25. The summed E-state index contributed by atoms with van der Waals surface area (Å²) in [6, 6.07) is 3.80. The summed E-state index contributed by atoms with van der Waals surface area (Å²) in [6.45, 7) is 6.08. The van der Waals surface area contributed by atoms with Gasteiger partial charge in [0.05, 0.1) is 4.47 Å². The van der Waals surface area contributed by atoms with Gasteiger partial charge in [0.25, 0.3) is 0 Å². The van der Waals surface area contributed by atoms with Crippen LogP contribution in [0.5, 0.6) is 5.75 Å². The fourth-order valence-corrected chi connectivity index (χ4v) is 3.14. The minimum atomic E-state index is 0.178. The lowest BCUT2D eigenvalue weighted by atomic mass is 10.0. The van der Waals surface area contributed by atoms with Gasteiger partial charge in [0.1, 0.15) is 5.75 Å². The van der Waals surface area contributed by atoms with Gasteiger partial charge in [0.15, 0.2) is 0 Å². The van der Waals surface area contributed by atoms with Crippen LogP contribution in [0.2, 0.25) is 5.02 Å². The number of piperazine rings is 1. The van der Waals surface area contributed by atoms with E-state index in [4.69, 9.17) is 11.6 Å². The Labute approximate surface area is 121 Å². The van der Waals surface area contributed by atoms with Gasteiger partial charge in [-0.3, -0.25) is 4.90 Å². The van der Waals surface area contributed by atoms with Gasteiger partial charge in [-0.15, -0.1) is 0 Å². The Morgan fingerprint density at radius 2 is 2.11 bits per heavy atom. The van der Waals surface area contributed by atoms with E-state index >= 15 is 0 Å². The first-order valence-electron chi connectivity index (χ1n) is 6.26. The van der Waals surface area contributed by atoms with Gasteiger partial charge in [0, 0.05) is 42.8 Å². The lowest BCUT2D eigenvalue weighted by Gasteiger charge is -2.35. The van der Waals surface area contributed by atoms with Crippen molar-refractivity contribution in [3.63, 3.8) is 0 Å². The van der Waals surface area contributed by atoms with Gasteiger partial charge >= 0.3 is 0 Å². The largest absolute Gasteiger partial charge is 0.506 e. The Bertz CT molecular complexity index is 422. The van der Waals surface area contributed by atoms with E-state index in [1.807, 2.05) is 6.07 Å². The van der Waals surface area contributed by atoms with Crippen LogP contribution in [-0.2, 0) is 0 Å². The molecule has 2 rings (SSSR count). The van der Waals surface area contributed by atoms with Crippen molar-refractivity contribution in [2.45, 2.75) is 19.4 Å². The van der Waals surface area contributed by atoms with E-state index in [0.29, 0.717) is 9.50 Å². The molecular formula is C13H18BrClN2O. The fraction of sp³-hybridized carbons (Fsp3) is 0.538. The van der Waals surface area contributed by atoms with Crippen molar-refractivity contribution in [3.05, 3.63) is 27.2 Å². The third-order valence-electron chi connectivity index (χ3n) is 3.43. The highest BCUT2D eigenvalue weighted by Crippen LogP contribution is 2.40. The van der Waals surface area contributed by atoms with Crippen LogP contribution in [0, 0.1) is 0 Å². The standard InChI is InChI=1S/C13H18BrClN2O/c1-2-11(17-7-5-16-6-8-17)12-10(15)4-3-9(14)13(12)18/h3-4,11,16,18H,2,5-8H2,1H3/t11-/m0/s1. The molecule has 1 atom stereocenters. The molecule has 0 amide bonds. The van der Waals surface area contributed by atoms with Gasteiger partial charge < -0.3 is 10.4 Å². The molecule has 2 N–H and O–H groups in total. The van der Waals surface area contributed by atoms with Crippen LogP contribution in [0.3, 0.4) is 0 Å². The molecule has 5 heteroatoms. The normalized spacial score (nSPS) is 18.8. The van der Waals surface area contributed by atoms with Crippen molar-refractivity contribution in [1.82, 2.24) is 10.2 Å². The molecule has 1 heterocycles. The summed E-state index contributed by atoms with van der Waals surface area (Å²) < 4.78 is 0.704. The maximum Gasteiger partial charge on any atom is 0.136 e. The summed E-state index contributed by atoms with van der Waals surface area (Å²) in [7, 11) is 0. The fourth-order valence-electron chi connectivity index (χ4n) is 2.51. The molecule has 1 aromatic carbocycles. The molecule has 0 saturated carbocycles. The van der Waals surface area contributed by atoms with E-state index in [2.05, 4.69) is 33.1 Å². The average Bonchev–Trinajstić information content (AvgIpc) is 2.40. The number of phenolic OH excluding ortho intramolecular Hbond substituents is 1. The summed E-state index contributed by atoms with van der Waals surface area (Å²) in [5.41, 5.74) is 0.843. The third kappa shape index (κ3) is 2.82. The van der Waals surface area contributed by atoms with E-state index in [1.165, 1.54) is 0 Å². The number of phenols is 1.